The highest BCUT2D eigenvalue weighted by atomic mass is 35.5. The van der Waals surface area contributed by atoms with Gasteiger partial charge in [0.2, 0.25) is 5.91 Å². The topological polar surface area (TPSA) is 86.6 Å². The van der Waals surface area contributed by atoms with Crippen molar-refractivity contribution in [3.8, 4) is 5.75 Å². The number of hydrogen-bond donors (Lipinski definition) is 3. The van der Waals surface area contributed by atoms with E-state index in [1.807, 2.05) is 0 Å². The molecule has 23 heavy (non-hydrogen) atoms. The number of carbonyl (C=O) groups excluding carboxylic acids is 1. The van der Waals surface area contributed by atoms with Crippen molar-refractivity contribution in [3.05, 3.63) is 63.6 Å². The van der Waals surface area contributed by atoms with Crippen LogP contribution in [0.5, 0.6) is 5.75 Å². The van der Waals surface area contributed by atoms with Crippen LogP contribution in [-0.4, -0.2) is 22.1 Å². The van der Waals surface area contributed by atoms with Crippen LogP contribution in [0, 0.1) is 0 Å². The SMILES string of the molecule is O=C(/C=C/c1ccc(Cl)cc1Cl)Nc1ccc(O)c(C(=O)O)c1. The predicted octanol–water partition coefficient (Wildman–Crippen LogP) is 4.05. The van der Waals surface area contributed by atoms with Gasteiger partial charge in [0.25, 0.3) is 0 Å². The normalized spacial score (nSPS) is 10.7. The van der Waals surface area contributed by atoms with E-state index in [-0.39, 0.29) is 17.0 Å². The smallest absolute Gasteiger partial charge is 0.339 e. The number of halogens is 2. The van der Waals surface area contributed by atoms with E-state index in [1.54, 1.807) is 18.2 Å². The minimum atomic E-state index is -1.29. The molecule has 0 spiro atoms. The summed E-state index contributed by atoms with van der Waals surface area (Å²) >= 11 is 11.8. The van der Waals surface area contributed by atoms with Crippen molar-refractivity contribution in [3.63, 3.8) is 0 Å². The maximum absolute atomic E-state index is 11.9. The van der Waals surface area contributed by atoms with Gasteiger partial charge in [-0.2, -0.15) is 0 Å². The molecule has 0 atom stereocenters. The number of anilines is 1. The molecule has 0 aliphatic carbocycles. The molecule has 0 saturated carbocycles. The van der Waals surface area contributed by atoms with Crippen LogP contribution in [0.3, 0.4) is 0 Å². The largest absolute Gasteiger partial charge is 0.507 e. The van der Waals surface area contributed by atoms with Gasteiger partial charge in [-0.15, -0.1) is 0 Å². The van der Waals surface area contributed by atoms with Crippen molar-refractivity contribution < 1.29 is 19.8 Å². The lowest BCUT2D eigenvalue weighted by atomic mass is 10.1. The van der Waals surface area contributed by atoms with E-state index in [0.29, 0.717) is 15.6 Å². The molecule has 2 aromatic carbocycles. The van der Waals surface area contributed by atoms with Gasteiger partial charge in [-0.25, -0.2) is 4.79 Å². The first-order valence-electron chi connectivity index (χ1n) is 6.37. The number of aromatic hydroxyl groups is 1. The van der Waals surface area contributed by atoms with Crippen LogP contribution < -0.4 is 5.32 Å². The van der Waals surface area contributed by atoms with E-state index in [0.717, 1.165) is 0 Å². The van der Waals surface area contributed by atoms with Gasteiger partial charge in [-0.3, -0.25) is 4.79 Å². The molecule has 118 valence electrons. The average molecular weight is 352 g/mol. The Kier molecular flexibility index (Phi) is 5.26. The van der Waals surface area contributed by atoms with Crippen molar-refractivity contribution in [1.29, 1.82) is 0 Å². The lowest BCUT2D eigenvalue weighted by Crippen LogP contribution is -2.08. The highest BCUT2D eigenvalue weighted by molar-refractivity contribution is 6.35. The maximum atomic E-state index is 11.9. The number of nitrogens with one attached hydrogen (secondary N) is 1. The minimum absolute atomic E-state index is 0.247. The summed E-state index contributed by atoms with van der Waals surface area (Å²) in [6.45, 7) is 0. The van der Waals surface area contributed by atoms with Gasteiger partial charge >= 0.3 is 5.97 Å². The maximum Gasteiger partial charge on any atom is 0.339 e. The van der Waals surface area contributed by atoms with Crippen LogP contribution in [0.4, 0.5) is 5.69 Å². The van der Waals surface area contributed by atoms with Gasteiger partial charge in [0.05, 0.1) is 0 Å². The number of benzene rings is 2. The molecular formula is C16H11Cl2NO4. The molecule has 0 fully saturated rings. The van der Waals surface area contributed by atoms with Crippen LogP contribution in [0.15, 0.2) is 42.5 Å². The second-order valence-electron chi connectivity index (χ2n) is 4.53. The fraction of sp³-hybridized carbons (Fsp3) is 0. The lowest BCUT2D eigenvalue weighted by molar-refractivity contribution is -0.111. The van der Waals surface area contributed by atoms with Crippen molar-refractivity contribution in [2.45, 2.75) is 0 Å². The van der Waals surface area contributed by atoms with Gasteiger partial charge in [0.15, 0.2) is 0 Å². The Morgan fingerprint density at radius 2 is 1.83 bits per heavy atom. The summed E-state index contributed by atoms with van der Waals surface area (Å²) < 4.78 is 0. The Bertz CT molecular complexity index is 803. The summed E-state index contributed by atoms with van der Waals surface area (Å²) in [4.78, 5) is 22.8. The third-order valence-electron chi connectivity index (χ3n) is 2.87. The molecule has 0 bridgehead atoms. The Hall–Kier alpha value is -2.50. The van der Waals surface area contributed by atoms with Crippen LogP contribution in [-0.2, 0) is 4.79 Å². The summed E-state index contributed by atoms with van der Waals surface area (Å²) in [7, 11) is 0. The molecule has 0 unspecified atom stereocenters. The molecule has 1 amide bonds. The fourth-order valence-corrected chi connectivity index (χ4v) is 2.24. The monoisotopic (exact) mass is 351 g/mol. The van der Waals surface area contributed by atoms with E-state index >= 15 is 0 Å². The Morgan fingerprint density at radius 1 is 1.09 bits per heavy atom. The molecule has 0 aliphatic heterocycles. The summed E-state index contributed by atoms with van der Waals surface area (Å²) in [6, 6.07) is 8.61. The third-order valence-corrected chi connectivity index (χ3v) is 3.43. The molecule has 7 heteroatoms. The number of phenols is 1. The van der Waals surface area contributed by atoms with Gasteiger partial charge in [-0.1, -0.05) is 29.3 Å². The lowest BCUT2D eigenvalue weighted by Gasteiger charge is -2.05. The van der Waals surface area contributed by atoms with Crippen LogP contribution >= 0.6 is 23.2 Å². The Balaban J connectivity index is 2.12. The molecule has 0 heterocycles. The Labute approximate surface area is 141 Å². The number of aromatic carboxylic acids is 1. The standard InChI is InChI=1S/C16H11Cl2NO4/c17-10-3-1-9(13(18)7-10)2-6-15(21)19-11-4-5-14(20)12(8-11)16(22)23/h1-8,20H,(H,19,21)(H,22,23)/b6-2+. The molecule has 3 N–H and O–H groups in total. The third kappa shape index (κ3) is 4.48. The number of hydrogen-bond acceptors (Lipinski definition) is 3. The fourth-order valence-electron chi connectivity index (χ4n) is 1.77. The zero-order valence-electron chi connectivity index (χ0n) is 11.6. The summed E-state index contributed by atoms with van der Waals surface area (Å²) in [5.41, 5.74) is 0.563. The molecule has 0 aliphatic rings. The molecule has 2 rings (SSSR count). The molecular weight excluding hydrogens is 341 g/mol. The minimum Gasteiger partial charge on any atom is -0.507 e. The molecule has 5 nitrogen and oxygen atoms in total. The number of carboxylic acid groups (broad SMARTS) is 1. The summed E-state index contributed by atoms with van der Waals surface area (Å²) in [5.74, 6) is -2.14. The first-order valence-corrected chi connectivity index (χ1v) is 7.13. The van der Waals surface area contributed by atoms with Crippen LogP contribution in [0.2, 0.25) is 10.0 Å². The number of amides is 1. The highest BCUT2D eigenvalue weighted by Gasteiger charge is 2.10. The highest BCUT2D eigenvalue weighted by Crippen LogP contribution is 2.23. The van der Waals surface area contributed by atoms with E-state index in [9.17, 15) is 14.7 Å². The van der Waals surface area contributed by atoms with E-state index in [2.05, 4.69) is 5.32 Å². The van der Waals surface area contributed by atoms with Crippen molar-refractivity contribution in [1.82, 2.24) is 0 Å². The zero-order chi connectivity index (χ0) is 17.0. The molecule has 0 saturated heterocycles. The van der Waals surface area contributed by atoms with E-state index in [1.165, 1.54) is 30.4 Å². The predicted molar refractivity (Wildman–Crippen MR) is 89.2 cm³/mol. The molecule has 2 aromatic rings. The second-order valence-corrected chi connectivity index (χ2v) is 5.37. The van der Waals surface area contributed by atoms with Crippen LogP contribution in [0.25, 0.3) is 6.08 Å². The number of rotatable bonds is 4. The molecule has 0 radical (unpaired) electrons. The second kappa shape index (κ2) is 7.17. The first kappa shape index (κ1) is 16.9. The summed E-state index contributed by atoms with van der Waals surface area (Å²) in [6.07, 6.45) is 2.76. The quantitative estimate of drug-likeness (QED) is 0.572. The van der Waals surface area contributed by atoms with Crippen LogP contribution in [0.1, 0.15) is 15.9 Å². The van der Waals surface area contributed by atoms with Gasteiger partial charge < -0.3 is 15.5 Å². The first-order chi connectivity index (χ1) is 10.9. The molecule has 0 aromatic heterocycles. The van der Waals surface area contributed by atoms with Crippen molar-refractivity contribution >= 4 is 46.8 Å². The zero-order valence-corrected chi connectivity index (χ0v) is 13.1. The average Bonchev–Trinajstić information content (AvgIpc) is 2.48. The van der Waals surface area contributed by atoms with E-state index in [4.69, 9.17) is 28.3 Å². The Morgan fingerprint density at radius 3 is 2.48 bits per heavy atom. The van der Waals surface area contributed by atoms with Gasteiger partial charge in [0.1, 0.15) is 11.3 Å². The number of carboxylic acids is 1. The van der Waals surface area contributed by atoms with Gasteiger partial charge in [-0.05, 0) is 42.0 Å². The van der Waals surface area contributed by atoms with E-state index < -0.39 is 11.9 Å². The van der Waals surface area contributed by atoms with Crippen molar-refractivity contribution in [2.24, 2.45) is 0 Å². The van der Waals surface area contributed by atoms with Gasteiger partial charge in [0, 0.05) is 21.8 Å². The summed E-state index contributed by atoms with van der Waals surface area (Å²) in [5, 5.41) is 21.7. The van der Waals surface area contributed by atoms with Crippen molar-refractivity contribution in [2.75, 3.05) is 5.32 Å². The number of carbonyl (C=O) groups is 2.